The van der Waals surface area contributed by atoms with Crippen molar-refractivity contribution in [2.75, 3.05) is 37.1 Å². The quantitative estimate of drug-likeness (QED) is 0.198. The Kier molecular flexibility index (Phi) is 11.2. The Morgan fingerprint density at radius 3 is 1.43 bits per heavy atom. The van der Waals surface area contributed by atoms with Gasteiger partial charge in [0.15, 0.2) is 11.6 Å². The number of methoxy groups -OCH3 is 1. The minimum atomic E-state index is -0.728. The van der Waals surface area contributed by atoms with Crippen LogP contribution in [0.15, 0.2) is 86.0 Å². The lowest BCUT2D eigenvalue weighted by Crippen LogP contribution is -2.34. The predicted molar refractivity (Wildman–Crippen MR) is 226 cm³/mol. The van der Waals surface area contributed by atoms with Gasteiger partial charge in [-0.1, -0.05) is 24.3 Å². The van der Waals surface area contributed by atoms with Gasteiger partial charge >= 0.3 is 0 Å². The van der Waals surface area contributed by atoms with E-state index in [0.29, 0.717) is 42.1 Å². The van der Waals surface area contributed by atoms with E-state index >= 15 is 0 Å². The highest BCUT2D eigenvalue weighted by atomic mass is 16.5. The highest BCUT2D eigenvalue weighted by molar-refractivity contribution is 6.13. The van der Waals surface area contributed by atoms with Gasteiger partial charge in [-0.25, -0.2) is 39.9 Å². The Balaban J connectivity index is 0.000000186. The van der Waals surface area contributed by atoms with Crippen molar-refractivity contribution in [1.29, 1.82) is 0 Å². The summed E-state index contributed by atoms with van der Waals surface area (Å²) in [6.07, 6.45) is 12.5. The highest BCUT2D eigenvalue weighted by Crippen LogP contribution is 2.47. The molecule has 4 aromatic heterocycles. The Morgan fingerprint density at radius 2 is 1.05 bits per heavy atom. The maximum atomic E-state index is 13.4. The summed E-state index contributed by atoms with van der Waals surface area (Å²) in [6, 6.07) is 11.7. The van der Waals surface area contributed by atoms with Gasteiger partial charge in [-0.3, -0.25) is 29.0 Å². The minimum absolute atomic E-state index is 0.0421. The summed E-state index contributed by atoms with van der Waals surface area (Å²) >= 11 is 0. The Bertz CT molecular complexity index is 2650. The van der Waals surface area contributed by atoms with Crippen molar-refractivity contribution in [3.05, 3.63) is 120 Å². The number of hydrogen-bond donors (Lipinski definition) is 1. The summed E-state index contributed by atoms with van der Waals surface area (Å²) in [5, 5.41) is 0. The van der Waals surface area contributed by atoms with Crippen LogP contribution in [-0.4, -0.2) is 95.7 Å². The molecule has 0 unspecified atom stereocenters. The molecule has 2 aliphatic heterocycles. The number of carbonyl (C=O) groups is 4. The maximum Gasteiger partial charge on any atom is 0.273 e. The number of benzene rings is 2. The SMILES string of the molecule is COCCN(C)C(=O)c1cnc(N2C(=O)C(C)(C)c3ccc(-c4cnc(C)nc4)cc32)cn1.Cc1ncc(-c2ccc3c(c2)N(c2cnc(C(N)=O)cn2)C(=O)C3(C)C)cn1. The van der Waals surface area contributed by atoms with Crippen molar-refractivity contribution in [3.63, 3.8) is 0 Å². The van der Waals surface area contributed by atoms with E-state index in [1.54, 1.807) is 43.8 Å². The second kappa shape index (κ2) is 16.3. The fourth-order valence-electron chi connectivity index (χ4n) is 7.03. The molecule has 61 heavy (non-hydrogen) atoms. The second-order valence-electron chi connectivity index (χ2n) is 15.6. The number of primary amides is 1. The van der Waals surface area contributed by atoms with Crippen molar-refractivity contribution < 1.29 is 23.9 Å². The molecule has 17 heteroatoms. The molecule has 0 saturated carbocycles. The molecule has 0 radical (unpaired) electrons. The zero-order chi connectivity index (χ0) is 43.8. The highest BCUT2D eigenvalue weighted by Gasteiger charge is 2.46. The van der Waals surface area contributed by atoms with Gasteiger partial charge in [0.1, 0.15) is 23.0 Å². The van der Waals surface area contributed by atoms with Crippen LogP contribution in [0.4, 0.5) is 23.0 Å². The third kappa shape index (κ3) is 7.90. The van der Waals surface area contributed by atoms with Crippen molar-refractivity contribution in [2.24, 2.45) is 5.73 Å². The first kappa shape index (κ1) is 41.7. The van der Waals surface area contributed by atoms with E-state index in [9.17, 15) is 19.2 Å². The third-order valence-corrected chi connectivity index (χ3v) is 10.7. The largest absolute Gasteiger partial charge is 0.383 e. The molecule has 0 spiro atoms. The lowest BCUT2D eigenvalue weighted by Gasteiger charge is -2.20. The second-order valence-corrected chi connectivity index (χ2v) is 15.6. The van der Waals surface area contributed by atoms with E-state index in [0.717, 1.165) is 39.1 Å². The van der Waals surface area contributed by atoms with Crippen LogP contribution in [-0.2, 0) is 25.2 Å². The predicted octanol–water partition coefficient (Wildman–Crippen LogP) is 5.21. The maximum absolute atomic E-state index is 13.4. The number of likely N-dealkylation sites (N-methyl/N-ethyl adjacent to an activating group) is 1. The van der Waals surface area contributed by atoms with E-state index in [1.165, 1.54) is 34.6 Å². The summed E-state index contributed by atoms with van der Waals surface area (Å²) in [5.74, 6) is 0.902. The van der Waals surface area contributed by atoms with E-state index < -0.39 is 16.7 Å². The van der Waals surface area contributed by atoms with Gasteiger partial charge in [-0.15, -0.1) is 0 Å². The third-order valence-electron chi connectivity index (χ3n) is 10.7. The van der Waals surface area contributed by atoms with E-state index in [-0.39, 0.29) is 29.1 Å². The number of carbonyl (C=O) groups excluding carboxylic acids is 4. The number of hydrogen-bond acceptors (Lipinski definition) is 13. The summed E-state index contributed by atoms with van der Waals surface area (Å²) in [7, 11) is 3.26. The molecule has 2 aromatic carbocycles. The van der Waals surface area contributed by atoms with Gasteiger partial charge in [0, 0.05) is 56.6 Å². The van der Waals surface area contributed by atoms with Crippen LogP contribution in [0.1, 0.15) is 71.4 Å². The minimum Gasteiger partial charge on any atom is -0.383 e. The van der Waals surface area contributed by atoms with E-state index in [2.05, 4.69) is 39.9 Å². The fourth-order valence-corrected chi connectivity index (χ4v) is 7.03. The Morgan fingerprint density at radius 1 is 0.623 bits per heavy atom. The molecule has 8 rings (SSSR count). The summed E-state index contributed by atoms with van der Waals surface area (Å²) in [6.45, 7) is 12.0. The van der Waals surface area contributed by atoms with Gasteiger partial charge in [0.2, 0.25) is 11.8 Å². The molecule has 6 aromatic rings. The zero-order valence-corrected chi connectivity index (χ0v) is 35.0. The summed E-state index contributed by atoms with van der Waals surface area (Å²) < 4.78 is 5.02. The van der Waals surface area contributed by atoms with Gasteiger partial charge in [-0.2, -0.15) is 0 Å². The molecule has 6 heterocycles. The number of anilines is 4. The Hall–Kier alpha value is -7.40. The van der Waals surface area contributed by atoms with Crippen LogP contribution in [0.25, 0.3) is 22.3 Å². The first-order chi connectivity index (χ1) is 29.0. The molecule has 2 aliphatic rings. The van der Waals surface area contributed by atoms with Crippen LogP contribution in [0.2, 0.25) is 0 Å². The summed E-state index contributed by atoms with van der Waals surface area (Å²) in [5.41, 5.74) is 10.7. The lowest BCUT2D eigenvalue weighted by molar-refractivity contribution is -0.122. The normalized spacial score (nSPS) is 14.6. The summed E-state index contributed by atoms with van der Waals surface area (Å²) in [4.78, 5) is 88.9. The van der Waals surface area contributed by atoms with E-state index in [1.807, 2.05) is 77.9 Å². The molecule has 4 amide bonds. The number of amides is 4. The van der Waals surface area contributed by atoms with Crippen LogP contribution >= 0.6 is 0 Å². The van der Waals surface area contributed by atoms with Gasteiger partial charge in [0.05, 0.1) is 53.6 Å². The number of ether oxygens (including phenoxy) is 1. The topological polar surface area (TPSA) is 216 Å². The Labute approximate surface area is 352 Å². The number of nitrogens with zero attached hydrogens (tertiary/aromatic N) is 11. The van der Waals surface area contributed by atoms with Crippen molar-refractivity contribution >= 4 is 46.6 Å². The molecule has 310 valence electrons. The molecular formula is C44H44N12O5. The first-order valence-electron chi connectivity index (χ1n) is 19.3. The number of aryl methyl sites for hydroxylation is 2. The average Bonchev–Trinajstić information content (AvgIpc) is 3.59. The number of rotatable bonds is 9. The molecule has 0 atom stereocenters. The standard InChI is InChI=1S/C24H26N6O3.C20H18N6O2/c1-15-25-11-17(12-26-15)16-6-7-18-20(10-16)30(23(32)24(18,2)3)21-14-27-19(13-28-21)22(31)29(4)8-9-33-5;1-11-22-7-13(8-23-11)12-4-5-14-16(6-12)26(19(28)20(14,2)3)17-10-24-15(9-25-17)18(21)27/h6-7,10-14H,8-9H2,1-5H3;4-10H,1-3H3,(H2,21,27). The van der Waals surface area contributed by atoms with Crippen molar-refractivity contribution in [1.82, 2.24) is 44.8 Å². The monoisotopic (exact) mass is 820 g/mol. The van der Waals surface area contributed by atoms with Crippen LogP contribution in [0.5, 0.6) is 0 Å². The number of fused-ring (bicyclic) bond motifs is 2. The molecule has 2 N–H and O–H groups in total. The van der Waals surface area contributed by atoms with Gasteiger partial charge in [-0.05, 0) is 75.9 Å². The smallest absolute Gasteiger partial charge is 0.273 e. The van der Waals surface area contributed by atoms with Crippen molar-refractivity contribution in [3.8, 4) is 22.3 Å². The zero-order valence-electron chi connectivity index (χ0n) is 35.0. The van der Waals surface area contributed by atoms with Gasteiger partial charge < -0.3 is 15.4 Å². The number of nitrogens with two attached hydrogens (primary N) is 1. The van der Waals surface area contributed by atoms with Crippen molar-refractivity contribution in [2.45, 2.75) is 52.4 Å². The molecular weight excluding hydrogens is 777 g/mol. The number of aromatic nitrogens is 8. The lowest BCUT2D eigenvalue weighted by atomic mass is 9.85. The fraction of sp³-hybridized carbons (Fsp3) is 0.273. The van der Waals surface area contributed by atoms with Gasteiger partial charge in [0.25, 0.3) is 11.8 Å². The molecule has 0 saturated heterocycles. The van der Waals surface area contributed by atoms with E-state index in [4.69, 9.17) is 10.5 Å². The molecule has 0 aliphatic carbocycles. The average molecular weight is 821 g/mol. The van der Waals surface area contributed by atoms with Crippen LogP contribution in [0, 0.1) is 13.8 Å². The van der Waals surface area contributed by atoms with Crippen LogP contribution in [0.3, 0.4) is 0 Å². The van der Waals surface area contributed by atoms with Crippen LogP contribution < -0.4 is 15.5 Å². The molecule has 17 nitrogen and oxygen atoms in total. The molecule has 0 fully saturated rings. The first-order valence-corrected chi connectivity index (χ1v) is 19.3. The molecule has 0 bridgehead atoms.